The zero-order valence-corrected chi connectivity index (χ0v) is 19.8. The van der Waals surface area contributed by atoms with Crippen molar-refractivity contribution in [3.8, 4) is 16.9 Å². The highest BCUT2D eigenvalue weighted by Crippen LogP contribution is 2.27. The number of rotatable bonds is 8. The number of para-hydroxylation sites is 1. The molecule has 0 aliphatic heterocycles. The molecule has 2 heterocycles. The standard InChI is InChI=1S/C25H26N6OS/c1-5-11-30-19(4)27-28-25(30)33-16-24(32)26-23-15-22(20-13-17(2)12-18(3)14-20)29-31(23)21-9-7-6-8-10-21/h5-10,12-15H,1,11,16H2,2-4H3,(H,26,32). The van der Waals surface area contributed by atoms with Gasteiger partial charge in [-0.05, 0) is 45.0 Å². The average molecular weight is 459 g/mol. The summed E-state index contributed by atoms with van der Waals surface area (Å²) in [5.74, 6) is 1.46. The maximum Gasteiger partial charge on any atom is 0.236 e. The van der Waals surface area contributed by atoms with Crippen molar-refractivity contribution in [1.29, 1.82) is 0 Å². The molecule has 7 nitrogen and oxygen atoms in total. The number of anilines is 1. The Labute approximate surface area is 197 Å². The Morgan fingerprint density at radius 2 is 1.79 bits per heavy atom. The van der Waals surface area contributed by atoms with Crippen molar-refractivity contribution in [3.63, 3.8) is 0 Å². The van der Waals surface area contributed by atoms with Crippen molar-refractivity contribution in [2.24, 2.45) is 0 Å². The van der Waals surface area contributed by atoms with E-state index in [0.29, 0.717) is 17.5 Å². The fourth-order valence-corrected chi connectivity index (χ4v) is 4.41. The number of aromatic nitrogens is 5. The van der Waals surface area contributed by atoms with Gasteiger partial charge in [-0.1, -0.05) is 53.2 Å². The van der Waals surface area contributed by atoms with Crippen LogP contribution in [-0.4, -0.2) is 36.2 Å². The minimum atomic E-state index is -0.144. The first-order chi connectivity index (χ1) is 15.9. The summed E-state index contributed by atoms with van der Waals surface area (Å²) in [5, 5.41) is 16.8. The van der Waals surface area contributed by atoms with Gasteiger partial charge < -0.3 is 9.88 Å². The molecule has 0 saturated carbocycles. The van der Waals surface area contributed by atoms with E-state index in [1.807, 2.05) is 47.9 Å². The molecular weight excluding hydrogens is 432 g/mol. The van der Waals surface area contributed by atoms with Gasteiger partial charge in [0, 0.05) is 18.2 Å². The van der Waals surface area contributed by atoms with E-state index in [0.717, 1.165) is 22.8 Å². The molecular formula is C25H26N6OS. The summed E-state index contributed by atoms with van der Waals surface area (Å²) in [6.07, 6.45) is 1.79. The van der Waals surface area contributed by atoms with Gasteiger partial charge in [-0.25, -0.2) is 4.68 Å². The molecule has 4 aromatic rings. The van der Waals surface area contributed by atoms with Crippen LogP contribution in [0.5, 0.6) is 0 Å². The van der Waals surface area contributed by atoms with Gasteiger partial charge in [-0.3, -0.25) is 4.79 Å². The summed E-state index contributed by atoms with van der Waals surface area (Å²) < 4.78 is 3.69. The fraction of sp³-hybridized carbons (Fsp3) is 0.200. The number of amides is 1. The molecule has 0 fully saturated rings. The summed E-state index contributed by atoms with van der Waals surface area (Å²) >= 11 is 1.34. The van der Waals surface area contributed by atoms with Crippen molar-refractivity contribution in [1.82, 2.24) is 24.5 Å². The number of carbonyl (C=O) groups excluding carboxylic acids is 1. The Bertz CT molecular complexity index is 1270. The Hall–Kier alpha value is -3.65. The molecule has 0 bridgehead atoms. The van der Waals surface area contributed by atoms with Crippen LogP contribution in [0.25, 0.3) is 16.9 Å². The molecule has 0 unspecified atom stereocenters. The van der Waals surface area contributed by atoms with Crippen LogP contribution in [0.3, 0.4) is 0 Å². The molecule has 0 aliphatic rings. The van der Waals surface area contributed by atoms with Crippen LogP contribution in [0, 0.1) is 20.8 Å². The predicted molar refractivity (Wildman–Crippen MR) is 133 cm³/mol. The molecule has 8 heteroatoms. The highest BCUT2D eigenvalue weighted by Gasteiger charge is 2.16. The second-order valence-corrected chi connectivity index (χ2v) is 8.75. The largest absolute Gasteiger partial charge is 0.310 e. The quantitative estimate of drug-likeness (QED) is 0.298. The summed E-state index contributed by atoms with van der Waals surface area (Å²) in [7, 11) is 0. The van der Waals surface area contributed by atoms with Crippen LogP contribution in [0.1, 0.15) is 17.0 Å². The van der Waals surface area contributed by atoms with Crippen molar-refractivity contribution in [2.45, 2.75) is 32.5 Å². The molecule has 4 rings (SSSR count). The first kappa shape index (κ1) is 22.5. The molecule has 0 spiro atoms. The van der Waals surface area contributed by atoms with E-state index in [4.69, 9.17) is 5.10 Å². The molecule has 2 aromatic carbocycles. The van der Waals surface area contributed by atoms with Crippen LogP contribution >= 0.6 is 11.8 Å². The molecule has 33 heavy (non-hydrogen) atoms. The maximum absolute atomic E-state index is 12.8. The second kappa shape index (κ2) is 9.87. The lowest BCUT2D eigenvalue weighted by Crippen LogP contribution is -2.17. The third-order valence-corrected chi connectivity index (χ3v) is 6.01. The van der Waals surface area contributed by atoms with Crippen molar-refractivity contribution >= 4 is 23.5 Å². The van der Waals surface area contributed by atoms with Gasteiger partial charge in [0.1, 0.15) is 11.6 Å². The van der Waals surface area contributed by atoms with E-state index in [-0.39, 0.29) is 11.7 Å². The second-order valence-electron chi connectivity index (χ2n) is 7.80. The van der Waals surface area contributed by atoms with Crippen LogP contribution in [0.4, 0.5) is 5.82 Å². The lowest BCUT2D eigenvalue weighted by molar-refractivity contribution is -0.113. The van der Waals surface area contributed by atoms with E-state index < -0.39 is 0 Å². The smallest absolute Gasteiger partial charge is 0.236 e. The number of allylic oxidation sites excluding steroid dienone is 1. The van der Waals surface area contributed by atoms with Gasteiger partial charge >= 0.3 is 0 Å². The first-order valence-electron chi connectivity index (χ1n) is 10.6. The molecule has 0 saturated heterocycles. The van der Waals surface area contributed by atoms with Crippen molar-refractivity contribution in [2.75, 3.05) is 11.1 Å². The van der Waals surface area contributed by atoms with Crippen LogP contribution in [0.15, 0.2) is 72.4 Å². The fourth-order valence-electron chi connectivity index (χ4n) is 3.62. The number of nitrogens with zero attached hydrogens (tertiary/aromatic N) is 5. The molecule has 168 valence electrons. The van der Waals surface area contributed by atoms with E-state index in [2.05, 4.69) is 54.1 Å². The summed E-state index contributed by atoms with van der Waals surface area (Å²) in [6, 6.07) is 18.0. The van der Waals surface area contributed by atoms with Gasteiger partial charge in [-0.15, -0.1) is 16.8 Å². The molecule has 0 atom stereocenters. The summed E-state index contributed by atoms with van der Waals surface area (Å²) in [4.78, 5) is 12.8. The minimum Gasteiger partial charge on any atom is -0.310 e. The number of benzene rings is 2. The molecule has 1 N–H and O–H groups in total. The Morgan fingerprint density at radius 1 is 1.06 bits per heavy atom. The number of carbonyl (C=O) groups is 1. The minimum absolute atomic E-state index is 0.144. The van der Waals surface area contributed by atoms with Gasteiger partial charge in [0.15, 0.2) is 5.16 Å². The van der Waals surface area contributed by atoms with Gasteiger partial charge in [-0.2, -0.15) is 5.10 Å². The van der Waals surface area contributed by atoms with Crippen molar-refractivity contribution < 1.29 is 4.79 Å². The molecule has 0 radical (unpaired) electrons. The summed E-state index contributed by atoms with van der Waals surface area (Å²) in [5.41, 5.74) is 5.02. The SMILES string of the molecule is C=CCn1c(C)nnc1SCC(=O)Nc1cc(-c2cc(C)cc(C)c2)nn1-c1ccccc1. The highest BCUT2D eigenvalue weighted by atomic mass is 32.2. The van der Waals surface area contributed by atoms with Gasteiger partial charge in [0.2, 0.25) is 5.91 Å². The Morgan fingerprint density at radius 3 is 2.48 bits per heavy atom. The molecule has 1 amide bonds. The normalized spacial score (nSPS) is 10.9. The average Bonchev–Trinajstić information content (AvgIpc) is 3.36. The van der Waals surface area contributed by atoms with Gasteiger partial charge in [0.25, 0.3) is 0 Å². The molecule has 2 aromatic heterocycles. The van der Waals surface area contributed by atoms with E-state index in [1.54, 1.807) is 10.8 Å². The zero-order valence-electron chi connectivity index (χ0n) is 18.9. The number of hydrogen-bond donors (Lipinski definition) is 1. The Balaban J connectivity index is 1.59. The summed E-state index contributed by atoms with van der Waals surface area (Å²) in [6.45, 7) is 10.4. The van der Waals surface area contributed by atoms with Crippen LogP contribution in [-0.2, 0) is 11.3 Å². The van der Waals surface area contributed by atoms with E-state index in [9.17, 15) is 4.79 Å². The maximum atomic E-state index is 12.8. The van der Waals surface area contributed by atoms with E-state index >= 15 is 0 Å². The first-order valence-corrected chi connectivity index (χ1v) is 11.6. The van der Waals surface area contributed by atoms with Gasteiger partial charge in [0.05, 0.1) is 17.1 Å². The highest BCUT2D eigenvalue weighted by molar-refractivity contribution is 7.99. The lowest BCUT2D eigenvalue weighted by atomic mass is 10.1. The number of nitrogens with one attached hydrogen (secondary N) is 1. The number of thioether (sulfide) groups is 1. The third-order valence-electron chi connectivity index (χ3n) is 5.04. The van der Waals surface area contributed by atoms with Crippen LogP contribution in [0.2, 0.25) is 0 Å². The third kappa shape index (κ3) is 5.23. The lowest BCUT2D eigenvalue weighted by Gasteiger charge is -2.09. The van der Waals surface area contributed by atoms with Crippen LogP contribution < -0.4 is 5.32 Å². The molecule has 0 aliphatic carbocycles. The number of aryl methyl sites for hydroxylation is 3. The Kier molecular flexibility index (Phi) is 6.74. The topological polar surface area (TPSA) is 77.6 Å². The predicted octanol–water partition coefficient (Wildman–Crippen LogP) is 4.97. The van der Waals surface area contributed by atoms with E-state index in [1.165, 1.54) is 22.9 Å². The number of hydrogen-bond acceptors (Lipinski definition) is 5. The van der Waals surface area contributed by atoms with Crippen molar-refractivity contribution in [3.05, 3.63) is 84.2 Å². The monoisotopic (exact) mass is 458 g/mol. The zero-order chi connectivity index (χ0) is 23.4.